The Kier molecular flexibility index (Phi) is 5.73. The Labute approximate surface area is 136 Å². The molecule has 0 amide bonds. The van der Waals surface area contributed by atoms with Gasteiger partial charge in [-0.05, 0) is 19.9 Å². The zero-order valence-corrected chi connectivity index (χ0v) is 14.0. The molecule has 0 radical (unpaired) electrons. The van der Waals surface area contributed by atoms with Crippen molar-refractivity contribution < 1.29 is 8.91 Å². The molecule has 2 aromatic rings. The smallest absolute Gasteiger partial charge is 0.191 e. The first kappa shape index (κ1) is 17.0. The van der Waals surface area contributed by atoms with Crippen molar-refractivity contribution in [3.05, 3.63) is 52.7 Å². The highest BCUT2D eigenvalue weighted by atomic mass is 19.1. The second kappa shape index (κ2) is 7.76. The number of benzene rings is 1. The van der Waals surface area contributed by atoms with Gasteiger partial charge in [0, 0.05) is 37.2 Å². The molecule has 6 heteroatoms. The maximum Gasteiger partial charge on any atom is 0.191 e. The van der Waals surface area contributed by atoms with Crippen molar-refractivity contribution in [3.8, 4) is 0 Å². The summed E-state index contributed by atoms with van der Waals surface area (Å²) < 4.78 is 18.8. The van der Waals surface area contributed by atoms with Crippen LogP contribution in [0.4, 0.5) is 4.39 Å². The molecular weight excluding hydrogens is 295 g/mol. The number of rotatable bonds is 5. The number of aryl methyl sites for hydroxylation is 2. The van der Waals surface area contributed by atoms with Crippen LogP contribution in [0.25, 0.3) is 0 Å². The number of hydrogen-bond donors (Lipinski definition) is 2. The summed E-state index contributed by atoms with van der Waals surface area (Å²) in [7, 11) is 1.69. The molecule has 2 N–H and O–H groups in total. The van der Waals surface area contributed by atoms with E-state index in [1.807, 2.05) is 19.9 Å². The number of guanidine groups is 1. The molecule has 1 aromatic carbocycles. The first-order valence-corrected chi connectivity index (χ1v) is 7.63. The van der Waals surface area contributed by atoms with Gasteiger partial charge < -0.3 is 15.2 Å². The second-order valence-corrected chi connectivity index (χ2v) is 5.54. The molecular formula is C17H23FN4O. The maximum absolute atomic E-state index is 13.6. The molecule has 1 unspecified atom stereocenters. The van der Waals surface area contributed by atoms with Gasteiger partial charge in [0.05, 0.1) is 5.69 Å². The van der Waals surface area contributed by atoms with Crippen LogP contribution >= 0.6 is 0 Å². The number of nitrogens with zero attached hydrogens (tertiary/aromatic N) is 2. The van der Waals surface area contributed by atoms with Gasteiger partial charge in [0.25, 0.3) is 0 Å². The Bertz CT molecular complexity index is 661. The fourth-order valence-electron chi connectivity index (χ4n) is 2.59. The third-order valence-electron chi connectivity index (χ3n) is 3.78. The van der Waals surface area contributed by atoms with Crippen molar-refractivity contribution in [3.63, 3.8) is 0 Å². The van der Waals surface area contributed by atoms with Crippen LogP contribution in [0.1, 0.15) is 35.4 Å². The Morgan fingerprint density at radius 1 is 1.30 bits per heavy atom. The summed E-state index contributed by atoms with van der Waals surface area (Å²) in [5.74, 6) is 1.48. The van der Waals surface area contributed by atoms with Gasteiger partial charge in [-0.15, -0.1) is 0 Å². The minimum Gasteiger partial charge on any atom is -0.361 e. The van der Waals surface area contributed by atoms with Gasteiger partial charge in [-0.3, -0.25) is 4.99 Å². The average Bonchev–Trinajstić information content (AvgIpc) is 2.87. The van der Waals surface area contributed by atoms with Crippen molar-refractivity contribution in [1.82, 2.24) is 15.8 Å². The highest BCUT2D eigenvalue weighted by Gasteiger charge is 2.16. The summed E-state index contributed by atoms with van der Waals surface area (Å²) in [4.78, 5) is 4.16. The minimum atomic E-state index is -0.223. The van der Waals surface area contributed by atoms with E-state index in [1.165, 1.54) is 6.07 Å². The van der Waals surface area contributed by atoms with Crippen LogP contribution in [0.5, 0.6) is 0 Å². The van der Waals surface area contributed by atoms with Crippen molar-refractivity contribution >= 4 is 5.96 Å². The molecule has 0 spiro atoms. The lowest BCUT2D eigenvalue weighted by molar-refractivity contribution is 0.391. The average molecular weight is 318 g/mol. The molecule has 0 saturated carbocycles. The third-order valence-corrected chi connectivity index (χ3v) is 3.78. The van der Waals surface area contributed by atoms with E-state index in [0.29, 0.717) is 24.6 Å². The Morgan fingerprint density at radius 2 is 2.04 bits per heavy atom. The molecule has 0 aliphatic rings. The first-order valence-electron chi connectivity index (χ1n) is 7.63. The van der Waals surface area contributed by atoms with E-state index >= 15 is 0 Å². The van der Waals surface area contributed by atoms with Gasteiger partial charge in [0.15, 0.2) is 5.96 Å². The Hall–Kier alpha value is -2.37. The van der Waals surface area contributed by atoms with Crippen molar-refractivity contribution in [1.29, 1.82) is 0 Å². The molecule has 2 rings (SSSR count). The SMILES string of the molecule is CN=C(NCc1ccccc1F)NCC(C)c1c(C)noc1C. The van der Waals surface area contributed by atoms with E-state index in [1.54, 1.807) is 19.2 Å². The van der Waals surface area contributed by atoms with Gasteiger partial charge in [0.1, 0.15) is 11.6 Å². The van der Waals surface area contributed by atoms with Crippen LogP contribution in [0.15, 0.2) is 33.8 Å². The van der Waals surface area contributed by atoms with Gasteiger partial charge in [0.2, 0.25) is 0 Å². The zero-order chi connectivity index (χ0) is 16.8. The largest absolute Gasteiger partial charge is 0.361 e. The summed E-state index contributed by atoms with van der Waals surface area (Å²) in [6, 6.07) is 6.70. The molecule has 0 saturated heterocycles. The van der Waals surface area contributed by atoms with Crippen LogP contribution in [-0.2, 0) is 6.54 Å². The lowest BCUT2D eigenvalue weighted by Crippen LogP contribution is -2.38. The van der Waals surface area contributed by atoms with E-state index in [2.05, 4.69) is 27.7 Å². The van der Waals surface area contributed by atoms with Crippen LogP contribution in [0.2, 0.25) is 0 Å². The fraction of sp³-hybridized carbons (Fsp3) is 0.412. The first-order chi connectivity index (χ1) is 11.0. The molecule has 1 atom stereocenters. The van der Waals surface area contributed by atoms with Gasteiger partial charge >= 0.3 is 0 Å². The maximum atomic E-state index is 13.6. The number of aliphatic imine (C=N–C) groups is 1. The summed E-state index contributed by atoms with van der Waals surface area (Å²) in [5, 5.41) is 10.3. The number of hydrogen-bond acceptors (Lipinski definition) is 3. The van der Waals surface area contributed by atoms with E-state index in [9.17, 15) is 4.39 Å². The molecule has 0 bridgehead atoms. The van der Waals surface area contributed by atoms with Gasteiger partial charge in [-0.25, -0.2) is 4.39 Å². The van der Waals surface area contributed by atoms with Crippen LogP contribution < -0.4 is 10.6 Å². The molecule has 0 aliphatic heterocycles. The van der Waals surface area contributed by atoms with Gasteiger partial charge in [-0.2, -0.15) is 0 Å². The Morgan fingerprint density at radius 3 is 2.65 bits per heavy atom. The monoisotopic (exact) mass is 318 g/mol. The quantitative estimate of drug-likeness (QED) is 0.657. The number of halogens is 1. The summed E-state index contributed by atoms with van der Waals surface area (Å²) in [5.41, 5.74) is 2.63. The Balaban J connectivity index is 1.89. The van der Waals surface area contributed by atoms with Crippen molar-refractivity contribution in [2.75, 3.05) is 13.6 Å². The van der Waals surface area contributed by atoms with E-state index < -0.39 is 0 Å². The van der Waals surface area contributed by atoms with Crippen LogP contribution in [0.3, 0.4) is 0 Å². The number of aromatic nitrogens is 1. The summed E-state index contributed by atoms with van der Waals surface area (Å²) in [6.07, 6.45) is 0. The normalized spacial score (nSPS) is 13.0. The highest BCUT2D eigenvalue weighted by molar-refractivity contribution is 5.79. The highest BCUT2D eigenvalue weighted by Crippen LogP contribution is 2.22. The summed E-state index contributed by atoms with van der Waals surface area (Å²) >= 11 is 0. The number of nitrogens with one attached hydrogen (secondary N) is 2. The van der Waals surface area contributed by atoms with E-state index in [0.717, 1.165) is 17.0 Å². The van der Waals surface area contributed by atoms with Gasteiger partial charge in [-0.1, -0.05) is 30.3 Å². The molecule has 5 nitrogen and oxygen atoms in total. The van der Waals surface area contributed by atoms with E-state index in [-0.39, 0.29) is 11.7 Å². The topological polar surface area (TPSA) is 62.5 Å². The van der Waals surface area contributed by atoms with Crippen LogP contribution in [0, 0.1) is 19.7 Å². The standard InChI is InChI=1S/C17H23FN4O/c1-11(16-12(2)22-23-13(16)3)9-20-17(19-4)21-10-14-7-5-6-8-15(14)18/h5-8,11H,9-10H2,1-4H3,(H2,19,20,21). The fourth-order valence-corrected chi connectivity index (χ4v) is 2.59. The molecule has 1 aromatic heterocycles. The molecule has 0 fully saturated rings. The lowest BCUT2D eigenvalue weighted by atomic mass is 10.00. The second-order valence-electron chi connectivity index (χ2n) is 5.54. The van der Waals surface area contributed by atoms with Crippen molar-refractivity contribution in [2.45, 2.75) is 33.2 Å². The van der Waals surface area contributed by atoms with E-state index in [4.69, 9.17) is 4.52 Å². The molecule has 1 heterocycles. The predicted molar refractivity (Wildman–Crippen MR) is 89.0 cm³/mol. The third kappa shape index (κ3) is 4.31. The minimum absolute atomic E-state index is 0.223. The van der Waals surface area contributed by atoms with Crippen LogP contribution in [-0.4, -0.2) is 24.7 Å². The molecule has 124 valence electrons. The molecule has 23 heavy (non-hydrogen) atoms. The summed E-state index contributed by atoms with van der Waals surface area (Å²) in [6.45, 7) is 7.01. The predicted octanol–water partition coefficient (Wildman–Crippen LogP) is 2.90. The lowest BCUT2D eigenvalue weighted by Gasteiger charge is -2.16. The zero-order valence-electron chi connectivity index (χ0n) is 14.0. The van der Waals surface area contributed by atoms with Crippen molar-refractivity contribution in [2.24, 2.45) is 4.99 Å². The molecule has 0 aliphatic carbocycles.